The molecule has 20 heavy (non-hydrogen) atoms. The van der Waals surface area contributed by atoms with Gasteiger partial charge in [0.2, 0.25) is 0 Å². The lowest BCUT2D eigenvalue weighted by atomic mass is 10.1. The van der Waals surface area contributed by atoms with Crippen LogP contribution in [0.15, 0.2) is 42.6 Å². The van der Waals surface area contributed by atoms with Crippen LogP contribution in [0.4, 0.5) is 5.69 Å². The SMILES string of the molecule is NC(=O)c1cc(N)cc(Cl)c1-n1ncc2ccccc21. The van der Waals surface area contributed by atoms with E-state index in [2.05, 4.69) is 5.10 Å². The number of carbonyl (C=O) groups is 1. The Bertz CT molecular complexity index is 825. The number of hydrogen-bond acceptors (Lipinski definition) is 3. The monoisotopic (exact) mass is 286 g/mol. The molecule has 1 aromatic heterocycles. The second kappa shape index (κ2) is 4.54. The number of benzene rings is 2. The van der Waals surface area contributed by atoms with E-state index in [4.69, 9.17) is 23.1 Å². The summed E-state index contributed by atoms with van der Waals surface area (Å²) < 4.78 is 1.59. The van der Waals surface area contributed by atoms with Gasteiger partial charge < -0.3 is 11.5 Å². The van der Waals surface area contributed by atoms with Gasteiger partial charge in [0, 0.05) is 11.1 Å². The van der Waals surface area contributed by atoms with Gasteiger partial charge >= 0.3 is 0 Å². The lowest BCUT2D eigenvalue weighted by molar-refractivity contribution is 0.1000. The molecule has 4 N–H and O–H groups in total. The number of fused-ring (bicyclic) bond motifs is 1. The van der Waals surface area contributed by atoms with Gasteiger partial charge in [-0.15, -0.1) is 0 Å². The molecule has 0 spiro atoms. The van der Waals surface area contributed by atoms with Gasteiger partial charge in [-0.1, -0.05) is 29.8 Å². The van der Waals surface area contributed by atoms with Crippen LogP contribution in [0.2, 0.25) is 5.02 Å². The molecule has 0 aliphatic heterocycles. The second-order valence-electron chi connectivity index (χ2n) is 4.38. The molecule has 0 aliphatic carbocycles. The van der Waals surface area contributed by atoms with Crippen LogP contribution in [0.1, 0.15) is 10.4 Å². The van der Waals surface area contributed by atoms with Crippen molar-refractivity contribution in [3.05, 3.63) is 53.2 Å². The molecule has 0 unspecified atom stereocenters. The molecule has 1 amide bonds. The number of aromatic nitrogens is 2. The molecule has 2 aromatic carbocycles. The highest BCUT2D eigenvalue weighted by Crippen LogP contribution is 2.29. The van der Waals surface area contributed by atoms with Crippen molar-refractivity contribution >= 4 is 34.1 Å². The number of hydrogen-bond donors (Lipinski definition) is 2. The van der Waals surface area contributed by atoms with Crippen LogP contribution in [0.3, 0.4) is 0 Å². The van der Waals surface area contributed by atoms with Crippen molar-refractivity contribution < 1.29 is 4.79 Å². The van der Waals surface area contributed by atoms with E-state index in [1.54, 1.807) is 16.9 Å². The zero-order chi connectivity index (χ0) is 14.3. The van der Waals surface area contributed by atoms with Gasteiger partial charge in [-0.2, -0.15) is 5.10 Å². The Balaban J connectivity index is 2.37. The quantitative estimate of drug-likeness (QED) is 0.709. The van der Waals surface area contributed by atoms with E-state index in [0.717, 1.165) is 10.9 Å². The van der Waals surface area contributed by atoms with Crippen molar-refractivity contribution in [2.24, 2.45) is 5.73 Å². The van der Waals surface area contributed by atoms with E-state index in [1.165, 1.54) is 6.07 Å². The molecule has 0 bridgehead atoms. The largest absolute Gasteiger partial charge is 0.399 e. The van der Waals surface area contributed by atoms with Crippen LogP contribution >= 0.6 is 11.6 Å². The van der Waals surface area contributed by atoms with Crippen molar-refractivity contribution in [3.8, 4) is 5.69 Å². The predicted octanol–water partition coefficient (Wildman–Crippen LogP) is 2.36. The highest BCUT2D eigenvalue weighted by Gasteiger charge is 2.17. The van der Waals surface area contributed by atoms with Crippen molar-refractivity contribution in [1.82, 2.24) is 9.78 Å². The molecule has 5 nitrogen and oxygen atoms in total. The molecule has 0 fully saturated rings. The van der Waals surface area contributed by atoms with Gasteiger partial charge in [0.1, 0.15) is 0 Å². The highest BCUT2D eigenvalue weighted by atomic mass is 35.5. The minimum Gasteiger partial charge on any atom is -0.399 e. The van der Waals surface area contributed by atoms with Crippen molar-refractivity contribution in [2.45, 2.75) is 0 Å². The molecule has 0 saturated carbocycles. The topological polar surface area (TPSA) is 86.9 Å². The van der Waals surface area contributed by atoms with Crippen molar-refractivity contribution in [1.29, 1.82) is 0 Å². The van der Waals surface area contributed by atoms with Crippen LogP contribution in [-0.4, -0.2) is 15.7 Å². The van der Waals surface area contributed by atoms with E-state index in [0.29, 0.717) is 16.4 Å². The number of primary amides is 1. The predicted molar refractivity (Wildman–Crippen MR) is 79.0 cm³/mol. The molecule has 6 heteroatoms. The number of nitrogen functional groups attached to an aromatic ring is 1. The molecule has 1 heterocycles. The fourth-order valence-electron chi connectivity index (χ4n) is 2.17. The number of rotatable bonds is 2. The van der Waals surface area contributed by atoms with Gasteiger partial charge in [-0.05, 0) is 18.2 Å². The third-order valence-electron chi connectivity index (χ3n) is 3.04. The summed E-state index contributed by atoms with van der Waals surface area (Å²) in [6, 6.07) is 10.7. The number of nitrogens with two attached hydrogens (primary N) is 2. The molecule has 0 saturated heterocycles. The summed E-state index contributed by atoms with van der Waals surface area (Å²) in [6.45, 7) is 0. The Labute approximate surface area is 119 Å². The van der Waals surface area contributed by atoms with E-state index < -0.39 is 5.91 Å². The lowest BCUT2D eigenvalue weighted by Crippen LogP contribution is -2.16. The summed E-state index contributed by atoms with van der Waals surface area (Å²) >= 11 is 6.22. The Morgan fingerprint density at radius 3 is 2.75 bits per heavy atom. The van der Waals surface area contributed by atoms with Gasteiger partial charge in [0.15, 0.2) is 0 Å². The van der Waals surface area contributed by atoms with E-state index in [9.17, 15) is 4.79 Å². The van der Waals surface area contributed by atoms with Gasteiger partial charge in [0.25, 0.3) is 5.91 Å². The summed E-state index contributed by atoms with van der Waals surface area (Å²) in [4.78, 5) is 11.6. The maximum atomic E-state index is 11.6. The standard InChI is InChI=1S/C14H11ClN4O/c15-11-6-9(16)5-10(14(17)20)13(11)19-12-4-2-1-3-8(12)7-18-19/h1-7H,16H2,(H2,17,20). The Morgan fingerprint density at radius 1 is 1.25 bits per heavy atom. The first-order chi connectivity index (χ1) is 9.58. The second-order valence-corrected chi connectivity index (χ2v) is 4.79. The summed E-state index contributed by atoms with van der Waals surface area (Å²) in [5.41, 5.74) is 13.0. The van der Waals surface area contributed by atoms with Crippen LogP contribution in [0.25, 0.3) is 16.6 Å². The number of anilines is 1. The highest BCUT2D eigenvalue weighted by molar-refractivity contribution is 6.33. The fraction of sp³-hybridized carbons (Fsp3) is 0. The van der Waals surface area contributed by atoms with Crippen LogP contribution in [-0.2, 0) is 0 Å². The van der Waals surface area contributed by atoms with Crippen molar-refractivity contribution in [2.75, 3.05) is 5.73 Å². The third kappa shape index (κ3) is 1.88. The number of amides is 1. The van der Waals surface area contributed by atoms with E-state index in [1.807, 2.05) is 24.3 Å². The van der Waals surface area contributed by atoms with E-state index >= 15 is 0 Å². The number of carbonyl (C=O) groups excluding carboxylic acids is 1. The minimum absolute atomic E-state index is 0.240. The molecular weight excluding hydrogens is 276 g/mol. The van der Waals surface area contributed by atoms with Crippen LogP contribution in [0.5, 0.6) is 0 Å². The molecule has 0 atom stereocenters. The van der Waals surface area contributed by atoms with Gasteiger partial charge in [-0.3, -0.25) is 4.79 Å². The Hall–Kier alpha value is -2.53. The number of nitrogens with zero attached hydrogens (tertiary/aromatic N) is 2. The first-order valence-electron chi connectivity index (χ1n) is 5.90. The van der Waals surface area contributed by atoms with Gasteiger partial charge in [-0.25, -0.2) is 4.68 Å². The maximum Gasteiger partial charge on any atom is 0.251 e. The number of halogens is 1. The van der Waals surface area contributed by atoms with E-state index in [-0.39, 0.29) is 5.56 Å². The number of para-hydroxylation sites is 1. The van der Waals surface area contributed by atoms with Crippen molar-refractivity contribution in [3.63, 3.8) is 0 Å². The zero-order valence-corrected chi connectivity index (χ0v) is 11.1. The molecule has 3 rings (SSSR count). The molecular formula is C14H11ClN4O. The molecule has 0 radical (unpaired) electrons. The Morgan fingerprint density at radius 2 is 2.00 bits per heavy atom. The zero-order valence-electron chi connectivity index (χ0n) is 10.4. The maximum absolute atomic E-state index is 11.6. The summed E-state index contributed by atoms with van der Waals surface area (Å²) in [6.07, 6.45) is 1.70. The first-order valence-corrected chi connectivity index (χ1v) is 6.27. The normalized spacial score (nSPS) is 10.8. The fourth-order valence-corrected chi connectivity index (χ4v) is 2.48. The average molecular weight is 287 g/mol. The minimum atomic E-state index is -0.603. The summed E-state index contributed by atoms with van der Waals surface area (Å²) in [5.74, 6) is -0.603. The summed E-state index contributed by atoms with van der Waals surface area (Å²) in [7, 11) is 0. The lowest BCUT2D eigenvalue weighted by Gasteiger charge is -2.11. The average Bonchev–Trinajstić information content (AvgIpc) is 2.81. The molecule has 100 valence electrons. The third-order valence-corrected chi connectivity index (χ3v) is 3.33. The first kappa shape index (κ1) is 12.5. The molecule has 0 aliphatic rings. The van der Waals surface area contributed by atoms with Crippen LogP contribution < -0.4 is 11.5 Å². The summed E-state index contributed by atoms with van der Waals surface area (Å²) in [5, 5.41) is 5.55. The van der Waals surface area contributed by atoms with Crippen LogP contribution in [0, 0.1) is 0 Å². The molecule has 3 aromatic rings. The Kier molecular flexibility index (Phi) is 2.84. The van der Waals surface area contributed by atoms with Gasteiger partial charge in [0.05, 0.1) is 28.0 Å². The smallest absolute Gasteiger partial charge is 0.251 e.